The Hall–Kier alpha value is -2.26. The van der Waals surface area contributed by atoms with Gasteiger partial charge in [0.2, 0.25) is 0 Å². The van der Waals surface area contributed by atoms with Crippen LogP contribution in [-0.2, 0) is 0 Å². The van der Waals surface area contributed by atoms with Crippen LogP contribution in [0.25, 0.3) is 0 Å². The molecule has 3 rings (SSSR count). The summed E-state index contributed by atoms with van der Waals surface area (Å²) < 4.78 is 29.8. The molecule has 0 radical (unpaired) electrons. The fourth-order valence-electron chi connectivity index (χ4n) is 2.86. The minimum absolute atomic E-state index is 0.106. The third kappa shape index (κ3) is 3.74. The summed E-state index contributed by atoms with van der Waals surface area (Å²) in [6.45, 7) is 0. The maximum atomic E-state index is 14.9. The number of halogens is 2. The van der Waals surface area contributed by atoms with Gasteiger partial charge in [-0.2, -0.15) is 0 Å². The molecule has 116 valence electrons. The summed E-state index contributed by atoms with van der Waals surface area (Å²) in [5.41, 5.74) is 1.89. The summed E-state index contributed by atoms with van der Waals surface area (Å²) in [5.74, 6) is -0.278. The molecule has 0 N–H and O–H groups in total. The van der Waals surface area contributed by atoms with Gasteiger partial charge in [-0.15, -0.1) is 0 Å². The maximum Gasteiger partial charge on any atom is 0.456 e. The van der Waals surface area contributed by atoms with Gasteiger partial charge in [0.15, 0.2) is 0 Å². The first kappa shape index (κ1) is 15.6. The standard InChI is InChI=1S/C20H18F2Si/c21-23(22,19-14-8-3-9-15-19)16-20(17-10-4-1-5-11-17)18-12-6-2-7-13-18/h1-15,20H,16H2. The lowest BCUT2D eigenvalue weighted by molar-refractivity contribution is 0.606. The van der Waals surface area contributed by atoms with Gasteiger partial charge in [-0.25, -0.2) is 0 Å². The van der Waals surface area contributed by atoms with Crippen molar-refractivity contribution in [1.82, 2.24) is 0 Å². The average molecular weight is 324 g/mol. The van der Waals surface area contributed by atoms with E-state index in [1.807, 2.05) is 60.7 Å². The molecule has 0 nitrogen and oxygen atoms in total. The first-order chi connectivity index (χ1) is 11.2. The molecule has 23 heavy (non-hydrogen) atoms. The Kier molecular flexibility index (Phi) is 4.67. The Morgan fingerprint density at radius 3 is 1.43 bits per heavy atom. The molecule has 0 spiro atoms. The largest absolute Gasteiger partial charge is 0.456 e. The van der Waals surface area contributed by atoms with E-state index in [9.17, 15) is 8.22 Å². The molecule has 3 heteroatoms. The van der Waals surface area contributed by atoms with E-state index >= 15 is 0 Å². The van der Waals surface area contributed by atoms with E-state index in [4.69, 9.17) is 0 Å². The van der Waals surface area contributed by atoms with E-state index in [-0.39, 0.29) is 17.1 Å². The molecule has 0 aliphatic rings. The molecular formula is C20H18F2Si. The summed E-state index contributed by atoms with van der Waals surface area (Å²) in [4.78, 5) is 0. The normalized spacial score (nSPS) is 11.6. The average Bonchev–Trinajstić information content (AvgIpc) is 2.62. The maximum absolute atomic E-state index is 14.9. The molecule has 0 saturated heterocycles. The zero-order valence-electron chi connectivity index (χ0n) is 12.7. The molecule has 0 atom stereocenters. The van der Waals surface area contributed by atoms with E-state index in [2.05, 4.69) is 0 Å². The van der Waals surface area contributed by atoms with Crippen molar-refractivity contribution in [3.8, 4) is 0 Å². The van der Waals surface area contributed by atoms with E-state index < -0.39 is 8.74 Å². The van der Waals surface area contributed by atoms with Crippen LogP contribution in [0.15, 0.2) is 91.0 Å². The van der Waals surface area contributed by atoms with Gasteiger partial charge in [-0.05, 0) is 11.1 Å². The number of hydrogen-bond acceptors (Lipinski definition) is 0. The smallest absolute Gasteiger partial charge is 0.265 e. The third-order valence-corrected chi connectivity index (χ3v) is 6.16. The molecule has 0 aliphatic carbocycles. The van der Waals surface area contributed by atoms with Crippen LogP contribution in [0.5, 0.6) is 0 Å². The van der Waals surface area contributed by atoms with Gasteiger partial charge in [0.25, 0.3) is 0 Å². The lowest BCUT2D eigenvalue weighted by atomic mass is 9.93. The summed E-state index contributed by atoms with van der Waals surface area (Å²) in [6.07, 6.45) is 0. The summed E-state index contributed by atoms with van der Waals surface area (Å²) in [5, 5.41) is 0.205. The Morgan fingerprint density at radius 1 is 0.609 bits per heavy atom. The van der Waals surface area contributed by atoms with Gasteiger partial charge in [-0.3, -0.25) is 8.22 Å². The van der Waals surface area contributed by atoms with Crippen LogP contribution in [0, 0.1) is 0 Å². The number of rotatable bonds is 5. The summed E-state index contributed by atoms with van der Waals surface area (Å²) in [6, 6.07) is 27.4. The highest BCUT2D eigenvalue weighted by Gasteiger charge is 2.41. The van der Waals surface area contributed by atoms with Crippen LogP contribution >= 0.6 is 0 Å². The fraction of sp³-hybridized carbons (Fsp3) is 0.100. The Labute approximate surface area is 136 Å². The van der Waals surface area contributed by atoms with Gasteiger partial charge in [0.05, 0.1) is 0 Å². The van der Waals surface area contributed by atoms with Gasteiger partial charge in [0, 0.05) is 17.1 Å². The number of hydrogen-bond donors (Lipinski definition) is 0. The fourth-order valence-corrected chi connectivity index (χ4v) is 4.76. The molecular weight excluding hydrogens is 306 g/mol. The minimum Gasteiger partial charge on any atom is -0.265 e. The van der Waals surface area contributed by atoms with Crippen molar-refractivity contribution in [2.45, 2.75) is 12.0 Å². The van der Waals surface area contributed by atoms with Gasteiger partial charge in [-0.1, -0.05) is 91.0 Å². The van der Waals surface area contributed by atoms with Gasteiger partial charge in [0.1, 0.15) is 0 Å². The predicted octanol–water partition coefficient (Wildman–Crippen LogP) is 5.11. The van der Waals surface area contributed by atoms with E-state index in [0.717, 1.165) is 11.1 Å². The second-order valence-corrected chi connectivity index (χ2v) is 8.04. The molecule has 0 aliphatic heterocycles. The zero-order chi connectivity index (χ0) is 16.1. The van der Waals surface area contributed by atoms with Crippen molar-refractivity contribution in [3.63, 3.8) is 0 Å². The highest BCUT2D eigenvalue weighted by Crippen LogP contribution is 2.33. The van der Waals surface area contributed by atoms with E-state index in [1.54, 1.807) is 30.3 Å². The molecule has 0 bridgehead atoms. The van der Waals surface area contributed by atoms with Crippen LogP contribution in [0.2, 0.25) is 6.04 Å². The summed E-state index contributed by atoms with van der Waals surface area (Å²) in [7, 11) is -4.51. The molecule has 0 heterocycles. The monoisotopic (exact) mass is 324 g/mol. The quantitative estimate of drug-likeness (QED) is 0.452. The van der Waals surface area contributed by atoms with Crippen LogP contribution in [-0.4, -0.2) is 8.74 Å². The van der Waals surface area contributed by atoms with Crippen molar-refractivity contribution < 1.29 is 8.22 Å². The van der Waals surface area contributed by atoms with Crippen LogP contribution in [0.1, 0.15) is 17.0 Å². The van der Waals surface area contributed by atoms with Gasteiger partial charge >= 0.3 is 8.74 Å². The molecule has 0 aromatic heterocycles. The highest BCUT2D eigenvalue weighted by atomic mass is 28.4. The van der Waals surface area contributed by atoms with Crippen molar-refractivity contribution in [1.29, 1.82) is 0 Å². The van der Waals surface area contributed by atoms with Crippen LogP contribution in [0.4, 0.5) is 8.22 Å². The van der Waals surface area contributed by atoms with Crippen LogP contribution < -0.4 is 5.19 Å². The zero-order valence-corrected chi connectivity index (χ0v) is 13.7. The second kappa shape index (κ2) is 6.88. The lowest BCUT2D eigenvalue weighted by Gasteiger charge is -2.22. The second-order valence-electron chi connectivity index (χ2n) is 5.65. The molecule has 0 saturated carbocycles. The van der Waals surface area contributed by atoms with Crippen molar-refractivity contribution in [3.05, 3.63) is 102 Å². The number of benzene rings is 3. The molecule has 0 amide bonds. The third-order valence-electron chi connectivity index (χ3n) is 4.06. The first-order valence-corrected chi connectivity index (χ1v) is 9.66. The lowest BCUT2D eigenvalue weighted by Crippen LogP contribution is -2.40. The molecule has 0 unspecified atom stereocenters. The Bertz CT molecular complexity index is 688. The molecule has 3 aromatic rings. The molecule has 0 fully saturated rings. The minimum atomic E-state index is -4.51. The summed E-state index contributed by atoms with van der Waals surface area (Å²) >= 11 is 0. The Balaban J connectivity index is 1.97. The van der Waals surface area contributed by atoms with E-state index in [0.29, 0.717) is 0 Å². The molecule has 3 aromatic carbocycles. The van der Waals surface area contributed by atoms with Crippen molar-refractivity contribution >= 4 is 13.9 Å². The Morgan fingerprint density at radius 2 is 1.00 bits per heavy atom. The van der Waals surface area contributed by atoms with Crippen molar-refractivity contribution in [2.75, 3.05) is 0 Å². The topological polar surface area (TPSA) is 0 Å². The van der Waals surface area contributed by atoms with Crippen molar-refractivity contribution in [2.24, 2.45) is 0 Å². The highest BCUT2D eigenvalue weighted by molar-refractivity contribution is 6.80. The van der Waals surface area contributed by atoms with E-state index in [1.165, 1.54) is 0 Å². The van der Waals surface area contributed by atoms with Gasteiger partial charge < -0.3 is 0 Å². The van der Waals surface area contributed by atoms with Crippen LogP contribution in [0.3, 0.4) is 0 Å². The SMILES string of the molecule is F[Si](F)(CC(c1ccccc1)c1ccccc1)c1ccccc1. The first-order valence-electron chi connectivity index (χ1n) is 7.70. The predicted molar refractivity (Wildman–Crippen MR) is 93.6 cm³/mol.